The highest BCUT2D eigenvalue weighted by Gasteiger charge is 2.51. The zero-order valence-corrected chi connectivity index (χ0v) is 12.2. The van der Waals surface area contributed by atoms with Crippen molar-refractivity contribution in [3.8, 4) is 0 Å². The average Bonchev–Trinajstić information content (AvgIpc) is 3.01. The van der Waals surface area contributed by atoms with E-state index in [1.807, 2.05) is 13.8 Å². The molecular weight excluding hydrogens is 290 g/mol. The van der Waals surface area contributed by atoms with Crippen molar-refractivity contribution in [3.63, 3.8) is 0 Å². The number of hydrogen-bond acceptors (Lipinski definition) is 8. The van der Waals surface area contributed by atoms with Gasteiger partial charge < -0.3 is 25.1 Å². The average molecular weight is 307 g/mol. The Balaban J connectivity index is 1.70. The minimum absolute atomic E-state index is 0.286. The zero-order chi connectivity index (χ0) is 15.5. The minimum Gasteiger partial charge on any atom is -0.386 e. The van der Waals surface area contributed by atoms with Crippen LogP contribution in [0.5, 0.6) is 0 Å². The van der Waals surface area contributed by atoms with E-state index in [4.69, 9.17) is 19.9 Å². The SMILES string of the molecule is CC1(C)OC[C@@H]2O[C@@H](n3cnc4c(N)ncnc43)[C@@H](O)[C@H]2O1. The van der Waals surface area contributed by atoms with E-state index in [0.717, 1.165) is 0 Å². The number of rotatable bonds is 1. The summed E-state index contributed by atoms with van der Waals surface area (Å²) in [6.07, 6.45) is 0.559. The molecule has 0 radical (unpaired) electrons. The number of nitrogens with zero attached hydrogens (tertiary/aromatic N) is 4. The lowest BCUT2D eigenvalue weighted by atomic mass is 10.1. The summed E-state index contributed by atoms with van der Waals surface area (Å²) < 4.78 is 18.9. The Bertz CT molecular complexity index is 718. The summed E-state index contributed by atoms with van der Waals surface area (Å²) in [4.78, 5) is 12.3. The Labute approximate surface area is 126 Å². The van der Waals surface area contributed by atoms with Gasteiger partial charge in [-0.05, 0) is 13.8 Å². The van der Waals surface area contributed by atoms with E-state index in [1.165, 1.54) is 12.7 Å². The molecule has 118 valence electrons. The number of fused-ring (bicyclic) bond motifs is 2. The van der Waals surface area contributed by atoms with Crippen molar-refractivity contribution >= 4 is 17.0 Å². The second-order valence-electron chi connectivity index (χ2n) is 5.93. The van der Waals surface area contributed by atoms with Crippen LogP contribution in [0.25, 0.3) is 11.2 Å². The molecule has 9 nitrogen and oxygen atoms in total. The van der Waals surface area contributed by atoms with E-state index in [2.05, 4.69) is 15.0 Å². The van der Waals surface area contributed by atoms with Crippen molar-refractivity contribution in [1.29, 1.82) is 0 Å². The smallest absolute Gasteiger partial charge is 0.167 e. The molecule has 0 aromatic carbocycles. The van der Waals surface area contributed by atoms with Gasteiger partial charge in [-0.3, -0.25) is 4.57 Å². The van der Waals surface area contributed by atoms with Gasteiger partial charge in [0.2, 0.25) is 0 Å². The number of aromatic nitrogens is 4. The normalized spacial score (nSPS) is 34.0. The highest BCUT2D eigenvalue weighted by atomic mass is 16.7. The van der Waals surface area contributed by atoms with Crippen LogP contribution in [0.4, 0.5) is 5.82 Å². The molecular formula is C13H17N5O4. The summed E-state index contributed by atoms with van der Waals surface area (Å²) in [6.45, 7) is 3.97. The predicted molar refractivity (Wildman–Crippen MR) is 74.6 cm³/mol. The Morgan fingerprint density at radius 2 is 2.18 bits per heavy atom. The molecule has 0 aliphatic carbocycles. The molecule has 2 aromatic heterocycles. The van der Waals surface area contributed by atoms with Crippen molar-refractivity contribution in [1.82, 2.24) is 19.5 Å². The third-order valence-electron chi connectivity index (χ3n) is 3.99. The molecule has 0 spiro atoms. The molecule has 4 atom stereocenters. The number of aliphatic hydroxyl groups excluding tert-OH is 1. The predicted octanol–water partition coefficient (Wildman–Crippen LogP) is -0.182. The van der Waals surface area contributed by atoms with E-state index in [-0.39, 0.29) is 11.9 Å². The van der Waals surface area contributed by atoms with Gasteiger partial charge in [-0.15, -0.1) is 0 Å². The number of imidazole rings is 1. The maximum absolute atomic E-state index is 10.6. The standard InChI is InChI=1S/C13H17N5O4/c1-13(2)20-3-6-9(22-13)8(19)12(21-6)18-5-17-7-10(14)15-4-16-11(7)18/h4-6,8-9,12,19H,3H2,1-2H3,(H2,14,15,16)/t6-,8-,9-,12+/m0/s1. The fourth-order valence-electron chi connectivity index (χ4n) is 2.93. The molecule has 2 aliphatic rings. The van der Waals surface area contributed by atoms with Crippen molar-refractivity contribution in [3.05, 3.63) is 12.7 Å². The van der Waals surface area contributed by atoms with Crippen molar-refractivity contribution < 1.29 is 19.3 Å². The fourth-order valence-corrected chi connectivity index (χ4v) is 2.93. The van der Waals surface area contributed by atoms with Crippen LogP contribution >= 0.6 is 0 Å². The van der Waals surface area contributed by atoms with Gasteiger partial charge in [0.1, 0.15) is 30.2 Å². The van der Waals surface area contributed by atoms with Gasteiger partial charge in [0.25, 0.3) is 0 Å². The third kappa shape index (κ3) is 1.97. The lowest BCUT2D eigenvalue weighted by Gasteiger charge is -2.37. The Hall–Kier alpha value is -1.81. The first-order valence-corrected chi connectivity index (χ1v) is 7.04. The lowest BCUT2D eigenvalue weighted by Crippen LogP contribution is -2.50. The summed E-state index contributed by atoms with van der Waals surface area (Å²) in [7, 11) is 0. The maximum Gasteiger partial charge on any atom is 0.167 e. The van der Waals surface area contributed by atoms with Crippen LogP contribution in [0.1, 0.15) is 20.1 Å². The molecule has 2 aliphatic heterocycles. The van der Waals surface area contributed by atoms with E-state index in [1.54, 1.807) is 4.57 Å². The van der Waals surface area contributed by atoms with Crippen LogP contribution < -0.4 is 5.73 Å². The van der Waals surface area contributed by atoms with E-state index >= 15 is 0 Å². The number of nitrogens with two attached hydrogens (primary N) is 1. The Kier molecular flexibility index (Phi) is 2.89. The lowest BCUT2D eigenvalue weighted by molar-refractivity contribution is -0.300. The van der Waals surface area contributed by atoms with Crippen molar-refractivity contribution in [2.75, 3.05) is 12.3 Å². The number of anilines is 1. The van der Waals surface area contributed by atoms with Crippen LogP contribution in [0.15, 0.2) is 12.7 Å². The summed E-state index contributed by atoms with van der Waals surface area (Å²) in [5.41, 5.74) is 6.77. The first-order chi connectivity index (χ1) is 10.5. The number of nitrogen functional groups attached to an aromatic ring is 1. The first-order valence-electron chi connectivity index (χ1n) is 7.04. The van der Waals surface area contributed by atoms with Gasteiger partial charge in [0.15, 0.2) is 23.5 Å². The van der Waals surface area contributed by atoms with Gasteiger partial charge in [-0.25, -0.2) is 15.0 Å². The van der Waals surface area contributed by atoms with E-state index in [9.17, 15) is 5.11 Å². The topological polar surface area (TPSA) is 118 Å². The number of aliphatic hydroxyl groups is 1. The fraction of sp³-hybridized carbons (Fsp3) is 0.615. The summed E-state index contributed by atoms with van der Waals surface area (Å²) in [5, 5.41) is 10.6. The Morgan fingerprint density at radius 1 is 1.36 bits per heavy atom. The van der Waals surface area contributed by atoms with Crippen molar-refractivity contribution in [2.24, 2.45) is 0 Å². The summed E-state index contributed by atoms with van der Waals surface area (Å²) in [6, 6.07) is 0. The van der Waals surface area contributed by atoms with Crippen molar-refractivity contribution in [2.45, 2.75) is 44.2 Å². The Morgan fingerprint density at radius 3 is 3.00 bits per heavy atom. The van der Waals surface area contributed by atoms with Gasteiger partial charge in [0, 0.05) is 0 Å². The van der Waals surface area contributed by atoms with Gasteiger partial charge >= 0.3 is 0 Å². The summed E-state index contributed by atoms with van der Waals surface area (Å²) in [5.74, 6) is -0.460. The second-order valence-corrected chi connectivity index (χ2v) is 5.93. The van der Waals surface area contributed by atoms with E-state index in [0.29, 0.717) is 17.8 Å². The van der Waals surface area contributed by atoms with E-state index < -0.39 is 24.2 Å². The highest BCUT2D eigenvalue weighted by molar-refractivity contribution is 5.81. The van der Waals surface area contributed by atoms with Crippen LogP contribution in [0.2, 0.25) is 0 Å². The molecule has 4 heterocycles. The van der Waals surface area contributed by atoms with Gasteiger partial charge in [0.05, 0.1) is 12.9 Å². The molecule has 2 saturated heterocycles. The second kappa shape index (κ2) is 4.59. The van der Waals surface area contributed by atoms with Crippen LogP contribution in [0.3, 0.4) is 0 Å². The summed E-state index contributed by atoms with van der Waals surface area (Å²) >= 11 is 0. The molecule has 0 saturated carbocycles. The van der Waals surface area contributed by atoms with Gasteiger partial charge in [-0.1, -0.05) is 0 Å². The highest BCUT2D eigenvalue weighted by Crippen LogP contribution is 2.38. The maximum atomic E-state index is 10.6. The first kappa shape index (κ1) is 13.8. The molecule has 2 aromatic rings. The molecule has 9 heteroatoms. The number of hydrogen-bond donors (Lipinski definition) is 2. The molecule has 3 N–H and O–H groups in total. The molecule has 2 fully saturated rings. The van der Waals surface area contributed by atoms with Gasteiger partial charge in [-0.2, -0.15) is 0 Å². The molecule has 22 heavy (non-hydrogen) atoms. The third-order valence-corrected chi connectivity index (χ3v) is 3.99. The van der Waals surface area contributed by atoms with Crippen LogP contribution in [-0.4, -0.2) is 55.3 Å². The van der Waals surface area contributed by atoms with Crippen LogP contribution in [-0.2, 0) is 14.2 Å². The quantitative estimate of drug-likeness (QED) is 0.745. The molecule has 0 bridgehead atoms. The minimum atomic E-state index is -0.859. The monoisotopic (exact) mass is 307 g/mol. The number of ether oxygens (including phenoxy) is 3. The molecule has 0 unspecified atom stereocenters. The van der Waals surface area contributed by atoms with Crippen LogP contribution in [0, 0.1) is 0 Å². The zero-order valence-electron chi connectivity index (χ0n) is 12.2. The molecule has 0 amide bonds. The largest absolute Gasteiger partial charge is 0.386 e. The molecule has 4 rings (SSSR count).